The number of methoxy groups -OCH3 is 1. The topological polar surface area (TPSA) is 84.7 Å². The van der Waals surface area contributed by atoms with E-state index < -0.39 is 15.4 Å². The van der Waals surface area contributed by atoms with Gasteiger partial charge in [0.25, 0.3) is 0 Å². The molecule has 0 aliphatic carbocycles. The third-order valence-corrected chi connectivity index (χ3v) is 7.08. The van der Waals surface area contributed by atoms with Crippen molar-refractivity contribution in [1.82, 2.24) is 19.0 Å². The molecule has 25 heavy (non-hydrogen) atoms. The van der Waals surface area contributed by atoms with Crippen LogP contribution in [-0.2, 0) is 26.1 Å². The molecule has 0 radical (unpaired) electrons. The molecule has 0 saturated carbocycles. The van der Waals surface area contributed by atoms with Crippen LogP contribution in [-0.4, -0.2) is 73.2 Å². The van der Waals surface area contributed by atoms with E-state index in [1.54, 1.807) is 18.0 Å². The first kappa shape index (κ1) is 18.3. The Balaban J connectivity index is 1.76. The van der Waals surface area contributed by atoms with Crippen LogP contribution in [0.4, 0.5) is 0 Å². The van der Waals surface area contributed by atoms with Gasteiger partial charge in [-0.05, 0) is 26.2 Å². The van der Waals surface area contributed by atoms with E-state index in [0.717, 1.165) is 19.4 Å². The maximum Gasteiger partial charge on any atom is 0.246 e. The highest BCUT2D eigenvalue weighted by Crippen LogP contribution is 2.41. The van der Waals surface area contributed by atoms with Gasteiger partial charge in [-0.15, -0.1) is 0 Å². The van der Waals surface area contributed by atoms with E-state index >= 15 is 0 Å². The number of aromatic nitrogens is 2. The normalized spacial score (nSPS) is 25.2. The first-order chi connectivity index (χ1) is 11.9. The van der Waals surface area contributed by atoms with Crippen molar-refractivity contribution in [2.24, 2.45) is 5.41 Å². The van der Waals surface area contributed by atoms with E-state index in [9.17, 15) is 13.2 Å². The average Bonchev–Trinajstić information content (AvgIpc) is 3.25. The van der Waals surface area contributed by atoms with E-state index in [-0.39, 0.29) is 17.3 Å². The van der Waals surface area contributed by atoms with Crippen molar-refractivity contribution in [1.29, 1.82) is 0 Å². The van der Waals surface area contributed by atoms with Crippen LogP contribution in [0.5, 0.6) is 0 Å². The number of likely N-dealkylation sites (tertiary alicyclic amines) is 1. The Hall–Kier alpha value is -1.45. The fourth-order valence-corrected chi connectivity index (χ4v) is 5.27. The number of aryl methyl sites for hydroxylation is 1. The molecule has 9 heteroatoms. The lowest BCUT2D eigenvalue weighted by molar-refractivity contribution is -0.146. The number of carbonyl (C=O) groups excluding carboxylic acids is 1. The number of piperidine rings is 1. The Morgan fingerprint density at radius 2 is 2.12 bits per heavy atom. The summed E-state index contributed by atoms with van der Waals surface area (Å²) in [6.45, 7) is 4.95. The Labute approximate surface area is 148 Å². The first-order valence-electron chi connectivity index (χ1n) is 8.74. The van der Waals surface area contributed by atoms with E-state index in [4.69, 9.17) is 4.74 Å². The Morgan fingerprint density at radius 1 is 1.32 bits per heavy atom. The van der Waals surface area contributed by atoms with E-state index in [0.29, 0.717) is 32.7 Å². The van der Waals surface area contributed by atoms with Crippen LogP contribution in [0, 0.1) is 5.41 Å². The molecule has 1 atom stereocenters. The minimum absolute atomic E-state index is 0.0674. The van der Waals surface area contributed by atoms with Gasteiger partial charge in [-0.2, -0.15) is 9.40 Å². The average molecular weight is 370 g/mol. The largest absolute Gasteiger partial charge is 0.383 e. The van der Waals surface area contributed by atoms with E-state index in [2.05, 4.69) is 5.10 Å². The van der Waals surface area contributed by atoms with Crippen LogP contribution in [0.25, 0.3) is 0 Å². The van der Waals surface area contributed by atoms with Crippen molar-refractivity contribution in [3.8, 4) is 0 Å². The molecule has 0 unspecified atom stereocenters. The summed E-state index contributed by atoms with van der Waals surface area (Å²) in [7, 11) is -1.99. The molecule has 1 aromatic rings. The highest BCUT2D eigenvalue weighted by atomic mass is 32.2. The quantitative estimate of drug-likeness (QED) is 0.730. The number of carbonyl (C=O) groups is 1. The van der Waals surface area contributed by atoms with Gasteiger partial charge < -0.3 is 9.64 Å². The number of hydrogen-bond acceptors (Lipinski definition) is 5. The second kappa shape index (κ2) is 7.05. The second-order valence-corrected chi connectivity index (χ2v) is 8.73. The predicted octanol–water partition coefficient (Wildman–Crippen LogP) is 0.553. The van der Waals surface area contributed by atoms with Crippen LogP contribution in [0.3, 0.4) is 0 Å². The molecule has 1 amide bonds. The van der Waals surface area contributed by atoms with Crippen molar-refractivity contribution in [3.63, 3.8) is 0 Å². The highest BCUT2D eigenvalue weighted by Gasteiger charge is 2.51. The molecule has 1 spiro atoms. The number of sulfonamides is 1. The number of nitrogens with zero attached hydrogens (tertiary/aromatic N) is 4. The Morgan fingerprint density at radius 3 is 2.80 bits per heavy atom. The van der Waals surface area contributed by atoms with Crippen molar-refractivity contribution in [3.05, 3.63) is 12.4 Å². The standard InChI is InChI=1S/C16H26N4O4S/c1-3-19-12-14(11-17-19)25(22,23)20-8-6-16(13-20)5-4-7-18(15(16)21)9-10-24-2/h11-12H,3-10,13H2,1-2H3/t16-/m0/s1. The predicted molar refractivity (Wildman–Crippen MR) is 91.4 cm³/mol. The number of amides is 1. The van der Waals surface area contributed by atoms with Gasteiger partial charge in [0, 0.05) is 46.0 Å². The molecule has 2 aliphatic rings. The maximum absolute atomic E-state index is 12.9. The third kappa shape index (κ3) is 3.32. The Bertz CT molecular complexity index is 732. The zero-order chi connectivity index (χ0) is 18.1. The number of ether oxygens (including phenoxy) is 1. The fourth-order valence-electron chi connectivity index (χ4n) is 3.79. The fraction of sp³-hybridized carbons (Fsp3) is 0.750. The number of rotatable bonds is 6. The summed E-state index contributed by atoms with van der Waals surface area (Å²) in [6, 6.07) is 0. The lowest BCUT2D eigenvalue weighted by Gasteiger charge is -2.39. The van der Waals surface area contributed by atoms with Crippen LogP contribution < -0.4 is 0 Å². The molecule has 0 aromatic carbocycles. The summed E-state index contributed by atoms with van der Waals surface area (Å²) >= 11 is 0. The molecule has 2 saturated heterocycles. The maximum atomic E-state index is 12.9. The minimum atomic E-state index is -3.61. The van der Waals surface area contributed by atoms with Gasteiger partial charge in [0.05, 0.1) is 18.2 Å². The van der Waals surface area contributed by atoms with Gasteiger partial charge in [-0.25, -0.2) is 8.42 Å². The second-order valence-electron chi connectivity index (χ2n) is 6.79. The zero-order valence-corrected chi connectivity index (χ0v) is 15.7. The molecule has 1 aromatic heterocycles. The highest BCUT2D eigenvalue weighted by molar-refractivity contribution is 7.89. The zero-order valence-electron chi connectivity index (χ0n) is 14.8. The molecule has 2 fully saturated rings. The van der Waals surface area contributed by atoms with Gasteiger partial charge >= 0.3 is 0 Å². The molecule has 2 aliphatic heterocycles. The van der Waals surface area contributed by atoms with Crippen molar-refractivity contribution in [2.45, 2.75) is 37.6 Å². The van der Waals surface area contributed by atoms with Crippen LogP contribution in [0.2, 0.25) is 0 Å². The van der Waals surface area contributed by atoms with Crippen molar-refractivity contribution >= 4 is 15.9 Å². The molecule has 0 N–H and O–H groups in total. The van der Waals surface area contributed by atoms with E-state index in [1.807, 2.05) is 11.8 Å². The molecular formula is C16H26N4O4S. The summed E-state index contributed by atoms with van der Waals surface area (Å²) in [5, 5.41) is 4.06. The van der Waals surface area contributed by atoms with Crippen LogP contribution >= 0.6 is 0 Å². The lowest BCUT2D eigenvalue weighted by atomic mass is 9.78. The molecule has 3 rings (SSSR count). The first-order valence-corrected chi connectivity index (χ1v) is 10.2. The SMILES string of the molecule is CCn1cc(S(=O)(=O)N2CC[C@@]3(CCCN(CCOC)C3=O)C2)cn1. The lowest BCUT2D eigenvalue weighted by Crippen LogP contribution is -2.51. The van der Waals surface area contributed by atoms with E-state index in [1.165, 1.54) is 10.5 Å². The van der Waals surface area contributed by atoms with Crippen molar-refractivity contribution in [2.75, 3.05) is 39.9 Å². The van der Waals surface area contributed by atoms with Crippen LogP contribution in [0.15, 0.2) is 17.3 Å². The number of hydrogen-bond donors (Lipinski definition) is 0. The van der Waals surface area contributed by atoms with Gasteiger partial charge in [0.15, 0.2) is 0 Å². The summed E-state index contributed by atoms with van der Waals surface area (Å²) < 4.78 is 33.9. The van der Waals surface area contributed by atoms with Crippen molar-refractivity contribution < 1.29 is 17.9 Å². The molecule has 0 bridgehead atoms. The smallest absolute Gasteiger partial charge is 0.246 e. The summed E-state index contributed by atoms with van der Waals surface area (Å²) in [5.41, 5.74) is -0.584. The third-order valence-electron chi connectivity index (χ3n) is 5.28. The Kier molecular flexibility index (Phi) is 5.17. The molecule has 140 valence electrons. The minimum Gasteiger partial charge on any atom is -0.383 e. The summed E-state index contributed by atoms with van der Waals surface area (Å²) in [6.07, 6.45) is 5.16. The van der Waals surface area contributed by atoms with Gasteiger partial charge in [-0.1, -0.05) is 0 Å². The van der Waals surface area contributed by atoms with Gasteiger partial charge in [0.1, 0.15) is 4.90 Å². The molecular weight excluding hydrogens is 344 g/mol. The van der Waals surface area contributed by atoms with Gasteiger partial charge in [0.2, 0.25) is 15.9 Å². The molecule has 3 heterocycles. The summed E-state index contributed by atoms with van der Waals surface area (Å²) in [5.74, 6) is 0.0674. The van der Waals surface area contributed by atoms with Gasteiger partial charge in [-0.3, -0.25) is 9.48 Å². The van der Waals surface area contributed by atoms with Crippen LogP contribution in [0.1, 0.15) is 26.2 Å². The molecule has 8 nitrogen and oxygen atoms in total. The summed E-state index contributed by atoms with van der Waals surface area (Å²) in [4.78, 5) is 15.0. The monoisotopic (exact) mass is 370 g/mol.